The molecule has 0 saturated heterocycles. The highest BCUT2D eigenvalue weighted by molar-refractivity contribution is 5.81. The van der Waals surface area contributed by atoms with Gasteiger partial charge in [0.1, 0.15) is 5.75 Å². The van der Waals surface area contributed by atoms with Crippen molar-refractivity contribution in [3.05, 3.63) is 89.0 Å². The first-order chi connectivity index (χ1) is 14.3. The van der Waals surface area contributed by atoms with Crippen LogP contribution in [-0.4, -0.2) is 12.8 Å². The maximum atomic E-state index is 11.1. The number of aryl methyl sites for hydroxylation is 3. The molecule has 3 rings (SSSR count). The molecule has 0 atom stereocenters. The van der Waals surface area contributed by atoms with Crippen LogP contribution in [-0.2, 0) is 9.53 Å². The van der Waals surface area contributed by atoms with E-state index in [0.29, 0.717) is 5.75 Å². The molecular weight excluding hydrogens is 372 g/mol. The van der Waals surface area contributed by atoms with Gasteiger partial charge in [-0.3, -0.25) is 0 Å². The molecule has 154 valence electrons. The van der Waals surface area contributed by atoms with Crippen LogP contribution >= 0.6 is 0 Å². The Labute approximate surface area is 179 Å². The van der Waals surface area contributed by atoms with Gasteiger partial charge in [-0.2, -0.15) is 0 Å². The Morgan fingerprint density at radius 1 is 0.800 bits per heavy atom. The minimum Gasteiger partial charge on any atom is -0.457 e. The molecule has 0 unspecified atom stereocenters. The van der Waals surface area contributed by atoms with E-state index < -0.39 is 5.97 Å². The van der Waals surface area contributed by atoms with Crippen LogP contribution in [0, 0.1) is 34.6 Å². The SMILES string of the molecule is C=CC(=O)OCOc1ccc(-c2ccc(-c3ccc(C)c(C)c3)c(C)c2C)cc1C. The Kier molecular flexibility index (Phi) is 6.41. The molecular formula is C27H28O3. The summed E-state index contributed by atoms with van der Waals surface area (Å²) < 4.78 is 10.5. The number of carbonyl (C=O) groups excluding carboxylic acids is 1. The van der Waals surface area contributed by atoms with Gasteiger partial charge >= 0.3 is 5.97 Å². The van der Waals surface area contributed by atoms with Crippen molar-refractivity contribution in [1.29, 1.82) is 0 Å². The van der Waals surface area contributed by atoms with Gasteiger partial charge in [0.25, 0.3) is 0 Å². The molecule has 3 aromatic carbocycles. The lowest BCUT2D eigenvalue weighted by Gasteiger charge is -2.16. The Bertz CT molecular complexity index is 1110. The van der Waals surface area contributed by atoms with Crippen molar-refractivity contribution < 1.29 is 14.3 Å². The van der Waals surface area contributed by atoms with Crippen LogP contribution in [0.1, 0.15) is 27.8 Å². The summed E-state index contributed by atoms with van der Waals surface area (Å²) in [6, 6.07) is 17.1. The van der Waals surface area contributed by atoms with Crippen molar-refractivity contribution >= 4 is 5.97 Å². The van der Waals surface area contributed by atoms with Crippen LogP contribution in [0.15, 0.2) is 61.2 Å². The Hall–Kier alpha value is -3.33. The molecule has 3 aromatic rings. The molecule has 0 aliphatic carbocycles. The van der Waals surface area contributed by atoms with E-state index in [9.17, 15) is 4.79 Å². The highest BCUT2D eigenvalue weighted by Crippen LogP contribution is 2.34. The number of hydrogen-bond donors (Lipinski definition) is 0. The van der Waals surface area contributed by atoms with Crippen molar-refractivity contribution in [2.24, 2.45) is 0 Å². The van der Waals surface area contributed by atoms with Gasteiger partial charge in [-0.05, 0) is 96.8 Å². The van der Waals surface area contributed by atoms with E-state index in [1.54, 1.807) is 0 Å². The highest BCUT2D eigenvalue weighted by atomic mass is 16.7. The summed E-state index contributed by atoms with van der Waals surface area (Å²) >= 11 is 0. The molecule has 0 radical (unpaired) electrons. The largest absolute Gasteiger partial charge is 0.457 e. The third kappa shape index (κ3) is 4.46. The van der Waals surface area contributed by atoms with E-state index in [1.807, 2.05) is 19.1 Å². The topological polar surface area (TPSA) is 35.5 Å². The standard InChI is InChI=1S/C27H28O3/c1-7-27(28)30-16-29-26-13-10-23(15-19(26)4)25-12-11-24(20(5)21(25)6)22-9-8-17(2)18(3)14-22/h7-15H,1,16H2,2-6H3. The summed E-state index contributed by atoms with van der Waals surface area (Å²) in [5.41, 5.74) is 11.0. The molecule has 30 heavy (non-hydrogen) atoms. The third-order valence-corrected chi connectivity index (χ3v) is 5.67. The van der Waals surface area contributed by atoms with Gasteiger partial charge in [0.15, 0.2) is 0 Å². The monoisotopic (exact) mass is 400 g/mol. The minimum atomic E-state index is -0.501. The van der Waals surface area contributed by atoms with Crippen LogP contribution in [0.25, 0.3) is 22.3 Å². The van der Waals surface area contributed by atoms with Crippen molar-refractivity contribution in [2.45, 2.75) is 34.6 Å². The molecule has 0 aliphatic rings. The van der Waals surface area contributed by atoms with Gasteiger partial charge in [-0.25, -0.2) is 4.79 Å². The van der Waals surface area contributed by atoms with E-state index >= 15 is 0 Å². The first-order valence-corrected chi connectivity index (χ1v) is 10.0. The smallest absolute Gasteiger partial charge is 0.333 e. The van der Waals surface area contributed by atoms with E-state index in [4.69, 9.17) is 9.47 Å². The zero-order valence-electron chi connectivity index (χ0n) is 18.3. The second-order valence-electron chi connectivity index (χ2n) is 7.62. The van der Waals surface area contributed by atoms with Crippen molar-refractivity contribution in [1.82, 2.24) is 0 Å². The third-order valence-electron chi connectivity index (χ3n) is 5.67. The summed E-state index contributed by atoms with van der Waals surface area (Å²) in [7, 11) is 0. The van der Waals surface area contributed by atoms with E-state index in [-0.39, 0.29) is 6.79 Å². The predicted molar refractivity (Wildman–Crippen MR) is 123 cm³/mol. The number of esters is 1. The summed E-state index contributed by atoms with van der Waals surface area (Å²) in [6.45, 7) is 13.9. The average Bonchev–Trinajstić information content (AvgIpc) is 2.73. The van der Waals surface area contributed by atoms with Crippen LogP contribution in [0.3, 0.4) is 0 Å². The molecule has 3 nitrogen and oxygen atoms in total. The van der Waals surface area contributed by atoms with Crippen molar-refractivity contribution in [3.63, 3.8) is 0 Å². The molecule has 0 aliphatic heterocycles. The first-order valence-electron chi connectivity index (χ1n) is 10.0. The fraction of sp³-hybridized carbons (Fsp3) is 0.222. The van der Waals surface area contributed by atoms with Crippen LogP contribution in [0.5, 0.6) is 5.75 Å². The fourth-order valence-electron chi connectivity index (χ4n) is 3.54. The normalized spacial score (nSPS) is 10.6. The molecule has 0 amide bonds. The average molecular weight is 401 g/mol. The number of hydrogen-bond acceptors (Lipinski definition) is 3. The maximum absolute atomic E-state index is 11.1. The van der Waals surface area contributed by atoms with Crippen molar-refractivity contribution in [3.8, 4) is 28.0 Å². The fourth-order valence-corrected chi connectivity index (χ4v) is 3.54. The molecule has 0 heterocycles. The Morgan fingerprint density at radius 3 is 1.90 bits per heavy atom. The van der Waals surface area contributed by atoms with Crippen molar-refractivity contribution in [2.75, 3.05) is 6.79 Å². The summed E-state index contributed by atoms with van der Waals surface area (Å²) in [4.78, 5) is 11.1. The molecule has 3 heteroatoms. The van der Waals surface area contributed by atoms with E-state index in [2.05, 4.69) is 70.7 Å². The van der Waals surface area contributed by atoms with Crippen LogP contribution in [0.2, 0.25) is 0 Å². The van der Waals surface area contributed by atoms with E-state index in [0.717, 1.165) is 17.2 Å². The minimum absolute atomic E-state index is 0.131. The van der Waals surface area contributed by atoms with Gasteiger partial charge in [0, 0.05) is 6.08 Å². The number of ether oxygens (including phenoxy) is 2. The zero-order valence-corrected chi connectivity index (χ0v) is 18.3. The van der Waals surface area contributed by atoms with Gasteiger partial charge in [0.2, 0.25) is 6.79 Å². The van der Waals surface area contributed by atoms with E-state index in [1.165, 1.54) is 38.9 Å². The molecule has 0 fully saturated rings. The van der Waals surface area contributed by atoms with Crippen LogP contribution < -0.4 is 4.74 Å². The van der Waals surface area contributed by atoms with Crippen LogP contribution in [0.4, 0.5) is 0 Å². The number of rotatable bonds is 6. The van der Waals surface area contributed by atoms with Gasteiger partial charge < -0.3 is 9.47 Å². The molecule has 0 saturated carbocycles. The molecule has 0 bridgehead atoms. The summed E-state index contributed by atoms with van der Waals surface area (Å²) in [5, 5.41) is 0. The lowest BCUT2D eigenvalue weighted by atomic mass is 9.89. The predicted octanol–water partition coefficient (Wildman–Crippen LogP) is 6.63. The highest BCUT2D eigenvalue weighted by Gasteiger charge is 2.12. The quantitative estimate of drug-likeness (QED) is 0.265. The van der Waals surface area contributed by atoms with Gasteiger partial charge in [-0.1, -0.05) is 43.0 Å². The summed E-state index contributed by atoms with van der Waals surface area (Å²) in [6.07, 6.45) is 1.12. The second-order valence-corrected chi connectivity index (χ2v) is 7.62. The second kappa shape index (κ2) is 9.00. The zero-order chi connectivity index (χ0) is 21.8. The first kappa shape index (κ1) is 21.4. The molecule has 0 spiro atoms. The molecule has 0 N–H and O–H groups in total. The van der Waals surface area contributed by atoms with Gasteiger partial charge in [-0.15, -0.1) is 0 Å². The maximum Gasteiger partial charge on any atom is 0.333 e. The number of benzene rings is 3. The lowest BCUT2D eigenvalue weighted by Crippen LogP contribution is -2.08. The lowest BCUT2D eigenvalue weighted by molar-refractivity contribution is -0.144. The molecule has 0 aromatic heterocycles. The Morgan fingerprint density at radius 2 is 1.37 bits per heavy atom. The van der Waals surface area contributed by atoms with Gasteiger partial charge in [0.05, 0.1) is 0 Å². The number of carbonyl (C=O) groups is 1. The summed E-state index contributed by atoms with van der Waals surface area (Å²) in [5.74, 6) is 0.191. The Balaban J connectivity index is 1.88.